The van der Waals surface area contributed by atoms with Gasteiger partial charge in [0.05, 0.1) is 22.3 Å². The molecule has 3 aromatic rings. The van der Waals surface area contributed by atoms with Crippen LogP contribution in [0, 0.1) is 11.3 Å². The van der Waals surface area contributed by atoms with Crippen LogP contribution in [0.5, 0.6) is 0 Å². The molecule has 0 bridgehead atoms. The van der Waals surface area contributed by atoms with E-state index in [1.54, 1.807) is 65.7 Å². The van der Waals surface area contributed by atoms with E-state index in [4.69, 9.17) is 5.73 Å². The quantitative estimate of drug-likeness (QED) is 0.214. The molecule has 2 unspecified atom stereocenters. The maximum absolute atomic E-state index is 13.4. The van der Waals surface area contributed by atoms with Crippen LogP contribution in [0.3, 0.4) is 0 Å². The molecule has 0 saturated heterocycles. The number of aromatic nitrogens is 3. The van der Waals surface area contributed by atoms with Gasteiger partial charge in [0.2, 0.25) is 11.8 Å². The van der Waals surface area contributed by atoms with E-state index < -0.39 is 34.3 Å². The van der Waals surface area contributed by atoms with Crippen LogP contribution in [0.2, 0.25) is 0 Å². The van der Waals surface area contributed by atoms with Crippen molar-refractivity contribution < 1.29 is 28.8 Å². The Morgan fingerprint density at radius 1 is 0.860 bits per heavy atom. The number of hydrogen-bond donors (Lipinski definition) is 5. The minimum absolute atomic E-state index is 0.00782. The van der Waals surface area contributed by atoms with Gasteiger partial charge in [0.15, 0.2) is 5.78 Å². The molecule has 2 aliphatic heterocycles. The number of anilines is 3. The first kappa shape index (κ1) is 32.9. The molecule has 5 amide bonds. The summed E-state index contributed by atoms with van der Waals surface area (Å²) in [6.45, 7) is 2.17. The summed E-state index contributed by atoms with van der Waals surface area (Å²) >= 11 is 1.51. The Hall–Kier alpha value is -5.64. The lowest BCUT2D eigenvalue weighted by atomic mass is 9.75. The number of carbonyl (C=O) groups is 6. The molecule has 2 aliphatic carbocycles. The molecule has 1 fully saturated rings. The van der Waals surface area contributed by atoms with E-state index in [-0.39, 0.29) is 47.7 Å². The number of rotatable bonds is 10. The molecule has 16 heteroatoms. The number of carbonyl (C=O) groups excluding carboxylic acids is 6. The zero-order chi connectivity index (χ0) is 35.6. The van der Waals surface area contributed by atoms with Crippen molar-refractivity contribution in [2.75, 3.05) is 22.5 Å². The number of thioether (sulfide) groups is 1. The van der Waals surface area contributed by atoms with Crippen LogP contribution in [0.4, 0.5) is 17.1 Å². The van der Waals surface area contributed by atoms with Crippen molar-refractivity contribution in [2.24, 2.45) is 43.2 Å². The van der Waals surface area contributed by atoms with Crippen LogP contribution in [0.1, 0.15) is 57.7 Å². The van der Waals surface area contributed by atoms with Gasteiger partial charge < -0.3 is 40.7 Å². The minimum Gasteiger partial charge on any atom is -0.370 e. The van der Waals surface area contributed by atoms with Crippen molar-refractivity contribution in [2.45, 2.75) is 31.4 Å². The lowest BCUT2D eigenvalue weighted by molar-refractivity contribution is -0.118. The Kier molecular flexibility index (Phi) is 7.92. The highest BCUT2D eigenvalue weighted by Crippen LogP contribution is 2.67. The Bertz CT molecular complexity index is 2150. The lowest BCUT2D eigenvalue weighted by Gasteiger charge is -2.27. The number of allylic oxidation sites excluding steroid dienone is 3. The third kappa shape index (κ3) is 5.45. The van der Waals surface area contributed by atoms with Gasteiger partial charge in [-0.3, -0.25) is 33.8 Å². The van der Waals surface area contributed by atoms with E-state index in [1.165, 1.54) is 23.9 Å². The zero-order valence-electron chi connectivity index (χ0n) is 27.7. The highest BCUT2D eigenvalue weighted by molar-refractivity contribution is 8.04. The predicted molar refractivity (Wildman–Crippen MR) is 187 cm³/mol. The van der Waals surface area contributed by atoms with Gasteiger partial charge in [-0.25, -0.2) is 0 Å². The van der Waals surface area contributed by atoms with Crippen LogP contribution in [-0.2, 0) is 35.5 Å². The van der Waals surface area contributed by atoms with Crippen LogP contribution >= 0.6 is 11.8 Å². The lowest BCUT2D eigenvalue weighted by Crippen LogP contribution is -2.31. The third-order valence-corrected chi connectivity index (χ3v) is 10.9. The molecule has 15 nitrogen and oxygen atoms in total. The van der Waals surface area contributed by atoms with Crippen LogP contribution in [-0.4, -0.2) is 66.5 Å². The van der Waals surface area contributed by atoms with Gasteiger partial charge in [-0.05, 0) is 41.5 Å². The van der Waals surface area contributed by atoms with Crippen molar-refractivity contribution >= 4 is 69.9 Å². The number of nitrogens with one attached hydrogen (secondary N) is 4. The van der Waals surface area contributed by atoms with E-state index in [9.17, 15) is 28.8 Å². The molecule has 3 atom stereocenters. The molecular formula is C34H35N9O6S. The number of nitrogens with two attached hydrogens (primary N) is 1. The van der Waals surface area contributed by atoms with Crippen molar-refractivity contribution in [3.8, 4) is 0 Å². The Morgan fingerprint density at radius 2 is 1.40 bits per heavy atom. The Morgan fingerprint density at radius 3 is 1.94 bits per heavy atom. The molecule has 50 heavy (non-hydrogen) atoms. The highest BCUT2D eigenvalue weighted by Gasteiger charge is 2.71. The second-order valence-corrected chi connectivity index (χ2v) is 14.3. The summed E-state index contributed by atoms with van der Waals surface area (Å²) in [5.41, 5.74) is 9.13. The Labute approximate surface area is 290 Å². The molecule has 3 aromatic heterocycles. The molecule has 0 radical (unpaired) electrons. The van der Waals surface area contributed by atoms with Crippen molar-refractivity contribution in [1.82, 2.24) is 19.0 Å². The standard InChI is InChI=1S/C34H35N9O6S/c1-16-7-25-20(34-21(29(34)45)12-37-28(16)34)11-26(50-25)33(49)40-19-10-24(43(4)15-19)32(48)39-18-9-23(42(3)14-18)31(47)38-17-8-22(41(2)13-17)30(46)36-6-5-27(35)44/h8-10,12-16,26H,5-7,11H2,1-4H3,(H2,35,44)(H,36,46)(H,38,47)(H,39,48)(H,40,49)/t16-,26?,34?/m0/s1. The van der Waals surface area contributed by atoms with Gasteiger partial charge >= 0.3 is 0 Å². The largest absolute Gasteiger partial charge is 0.370 e. The fraction of sp³-hybridized carbons (Fsp3) is 0.324. The van der Waals surface area contributed by atoms with Gasteiger partial charge in [0.25, 0.3) is 17.7 Å². The van der Waals surface area contributed by atoms with E-state index >= 15 is 0 Å². The van der Waals surface area contributed by atoms with E-state index in [2.05, 4.69) is 33.2 Å². The number of aliphatic imine (C=N–C) groups is 1. The predicted octanol–water partition coefficient (Wildman–Crippen LogP) is 2.46. The van der Waals surface area contributed by atoms with Crippen molar-refractivity contribution in [3.05, 3.63) is 76.1 Å². The first-order valence-corrected chi connectivity index (χ1v) is 16.9. The van der Waals surface area contributed by atoms with E-state index in [0.29, 0.717) is 23.5 Å². The summed E-state index contributed by atoms with van der Waals surface area (Å²) < 4.78 is 4.71. The number of amides is 5. The average molecular weight is 698 g/mol. The summed E-state index contributed by atoms with van der Waals surface area (Å²) in [7, 11) is 5.00. The summed E-state index contributed by atoms with van der Waals surface area (Å²) in [5.74, 6) is -1.80. The van der Waals surface area contributed by atoms with Crippen molar-refractivity contribution in [3.63, 3.8) is 0 Å². The van der Waals surface area contributed by atoms with Crippen molar-refractivity contribution in [1.29, 1.82) is 0 Å². The number of ketones is 1. The number of Topliss-reactive ketones (excluding diaryl/α,β-unsaturated/α-hetero) is 1. The maximum Gasteiger partial charge on any atom is 0.272 e. The summed E-state index contributed by atoms with van der Waals surface area (Å²) in [6.07, 6.45) is 7.77. The molecule has 7 rings (SSSR count). The van der Waals surface area contributed by atoms with Crippen LogP contribution < -0.4 is 27.0 Å². The monoisotopic (exact) mass is 697 g/mol. The number of hydrogen-bond acceptors (Lipinski definition) is 8. The summed E-state index contributed by atoms with van der Waals surface area (Å²) in [4.78, 5) is 81.6. The van der Waals surface area contributed by atoms with Gasteiger partial charge in [0, 0.05) is 76.1 Å². The molecule has 4 aliphatic rings. The third-order valence-electron chi connectivity index (χ3n) is 9.51. The maximum atomic E-state index is 13.4. The van der Waals surface area contributed by atoms with E-state index in [1.807, 2.05) is 0 Å². The second-order valence-electron chi connectivity index (χ2n) is 13.0. The number of primary amides is 1. The van der Waals surface area contributed by atoms with E-state index in [0.717, 1.165) is 28.2 Å². The molecule has 6 N–H and O–H groups in total. The van der Waals surface area contributed by atoms with Crippen LogP contribution in [0.25, 0.3) is 0 Å². The topological polar surface area (TPSA) is 204 Å². The molecule has 1 spiro atoms. The van der Waals surface area contributed by atoms with Gasteiger partial charge in [-0.2, -0.15) is 0 Å². The Balaban J connectivity index is 0.959. The van der Waals surface area contributed by atoms with Gasteiger partial charge in [0.1, 0.15) is 22.5 Å². The van der Waals surface area contributed by atoms with Crippen LogP contribution in [0.15, 0.2) is 64.0 Å². The zero-order valence-corrected chi connectivity index (χ0v) is 28.6. The fourth-order valence-electron chi connectivity index (χ4n) is 7.09. The molecule has 0 aromatic carbocycles. The normalized spacial score (nSPS) is 21.5. The van der Waals surface area contributed by atoms with Gasteiger partial charge in [-0.1, -0.05) is 6.92 Å². The smallest absolute Gasteiger partial charge is 0.272 e. The molecular weight excluding hydrogens is 662 g/mol. The molecule has 5 heterocycles. The van der Waals surface area contributed by atoms with Gasteiger partial charge in [-0.15, -0.1) is 11.8 Å². The fourth-order valence-corrected chi connectivity index (χ4v) is 8.57. The average Bonchev–Trinajstić information content (AvgIpc) is 3.72. The summed E-state index contributed by atoms with van der Waals surface area (Å²) in [6, 6.07) is 4.62. The SMILES string of the molecule is C[C@H]1CC2=C(CC(C(=O)Nc3cc(C(=O)Nc4cc(C(=O)Nc5cc(C(=O)NCCC(N)=O)n(C)c5)n(C)c4)n(C)c3)S2)C23C(=O)C2=CN=C13. The molecule has 1 saturated carbocycles. The first-order chi connectivity index (χ1) is 23.8. The first-order valence-electron chi connectivity index (χ1n) is 16.0. The number of aryl methyl sites for hydroxylation is 3. The molecule has 258 valence electrons. The summed E-state index contributed by atoms with van der Waals surface area (Å²) in [5, 5.41) is 10.7. The number of nitrogens with zero attached hydrogens (tertiary/aromatic N) is 4. The highest BCUT2D eigenvalue weighted by atomic mass is 32.2. The second kappa shape index (κ2) is 12.0. The minimum atomic E-state index is -0.691.